The molecule has 0 aliphatic carbocycles. The number of hydrogen-bond donors (Lipinski definition) is 2. The van der Waals surface area contributed by atoms with Crippen LogP contribution in [0.1, 0.15) is 26.2 Å². The lowest BCUT2D eigenvalue weighted by Gasteiger charge is -2.03. The summed E-state index contributed by atoms with van der Waals surface area (Å²) in [5.74, 6) is 0.326. The van der Waals surface area contributed by atoms with E-state index < -0.39 is 0 Å². The Morgan fingerprint density at radius 3 is 2.82 bits per heavy atom. The van der Waals surface area contributed by atoms with E-state index >= 15 is 0 Å². The molecule has 11 heavy (non-hydrogen) atoms. The first kappa shape index (κ1) is 10.6. The van der Waals surface area contributed by atoms with Gasteiger partial charge in [0.25, 0.3) is 0 Å². The van der Waals surface area contributed by atoms with Crippen LogP contribution in [0.4, 0.5) is 4.79 Å². The topological polar surface area (TPSA) is 38.3 Å². The average Bonchev–Trinajstić information content (AvgIpc) is 1.99. The molecule has 0 saturated heterocycles. The lowest BCUT2D eigenvalue weighted by molar-refractivity contribution is 0.146. The molecule has 0 aliphatic rings. The first-order valence-corrected chi connectivity index (χ1v) is 4.46. The van der Waals surface area contributed by atoms with Gasteiger partial charge < -0.3 is 10.1 Å². The lowest BCUT2D eigenvalue weighted by Crippen LogP contribution is -2.23. The van der Waals surface area contributed by atoms with Crippen LogP contribution in [0.15, 0.2) is 0 Å². The SMILES string of the molecule is CCCCCOC(=O)NCS. The third-order valence-electron chi connectivity index (χ3n) is 1.20. The van der Waals surface area contributed by atoms with Crippen molar-refractivity contribution in [2.75, 3.05) is 12.5 Å². The second-order valence-electron chi connectivity index (χ2n) is 2.18. The fourth-order valence-corrected chi connectivity index (χ4v) is 0.762. The third kappa shape index (κ3) is 7.52. The molecule has 0 atom stereocenters. The van der Waals surface area contributed by atoms with Crippen LogP contribution in [-0.4, -0.2) is 18.6 Å². The molecular weight excluding hydrogens is 162 g/mol. The van der Waals surface area contributed by atoms with E-state index in [4.69, 9.17) is 4.74 Å². The smallest absolute Gasteiger partial charge is 0.407 e. The molecule has 0 rings (SSSR count). The van der Waals surface area contributed by atoms with E-state index in [9.17, 15) is 4.79 Å². The maximum absolute atomic E-state index is 10.6. The summed E-state index contributed by atoms with van der Waals surface area (Å²) in [5.41, 5.74) is 0. The molecule has 3 nitrogen and oxygen atoms in total. The van der Waals surface area contributed by atoms with Gasteiger partial charge in [0, 0.05) is 0 Å². The third-order valence-corrected chi connectivity index (χ3v) is 1.36. The first-order valence-electron chi connectivity index (χ1n) is 3.82. The molecule has 0 saturated carbocycles. The molecule has 0 aromatic rings. The summed E-state index contributed by atoms with van der Waals surface area (Å²) in [6, 6.07) is 0. The molecular formula is C7H15NO2S. The van der Waals surface area contributed by atoms with Crippen LogP contribution in [0.5, 0.6) is 0 Å². The number of thiol groups is 1. The molecule has 0 heterocycles. The van der Waals surface area contributed by atoms with Crippen molar-refractivity contribution in [2.24, 2.45) is 0 Å². The number of carbonyl (C=O) groups excluding carboxylic acids is 1. The van der Waals surface area contributed by atoms with Gasteiger partial charge in [-0.1, -0.05) is 19.8 Å². The first-order chi connectivity index (χ1) is 5.31. The Morgan fingerprint density at radius 1 is 1.55 bits per heavy atom. The van der Waals surface area contributed by atoms with Crippen molar-refractivity contribution < 1.29 is 9.53 Å². The van der Waals surface area contributed by atoms with Gasteiger partial charge in [-0.15, -0.1) is 0 Å². The van der Waals surface area contributed by atoms with Crippen LogP contribution in [0, 0.1) is 0 Å². The number of carbonyl (C=O) groups is 1. The van der Waals surface area contributed by atoms with Crippen molar-refractivity contribution in [3.63, 3.8) is 0 Å². The molecule has 0 fully saturated rings. The summed E-state index contributed by atoms with van der Waals surface area (Å²) in [7, 11) is 0. The van der Waals surface area contributed by atoms with Gasteiger partial charge in [0.15, 0.2) is 0 Å². The Morgan fingerprint density at radius 2 is 2.27 bits per heavy atom. The zero-order valence-corrected chi connectivity index (χ0v) is 7.69. The van der Waals surface area contributed by atoms with E-state index in [1.54, 1.807) is 0 Å². The van der Waals surface area contributed by atoms with Crippen LogP contribution < -0.4 is 5.32 Å². The zero-order valence-electron chi connectivity index (χ0n) is 6.80. The predicted octanol–water partition coefficient (Wildman–Crippen LogP) is 1.79. The van der Waals surface area contributed by atoms with E-state index in [2.05, 4.69) is 24.9 Å². The summed E-state index contributed by atoms with van der Waals surface area (Å²) in [4.78, 5) is 10.6. The minimum atomic E-state index is -0.379. The summed E-state index contributed by atoms with van der Waals surface area (Å²) in [6.07, 6.45) is 2.80. The Labute approximate surface area is 72.9 Å². The number of unbranched alkanes of at least 4 members (excludes halogenated alkanes) is 2. The van der Waals surface area contributed by atoms with E-state index in [0.717, 1.165) is 19.3 Å². The number of ether oxygens (including phenoxy) is 1. The van der Waals surface area contributed by atoms with Crippen LogP contribution in [0.2, 0.25) is 0 Å². The summed E-state index contributed by atoms with van der Waals surface area (Å²) >= 11 is 3.81. The molecule has 66 valence electrons. The van der Waals surface area contributed by atoms with Gasteiger partial charge in [-0.3, -0.25) is 0 Å². The number of rotatable bonds is 5. The van der Waals surface area contributed by atoms with Crippen molar-refractivity contribution in [1.82, 2.24) is 5.32 Å². The fraction of sp³-hybridized carbons (Fsp3) is 0.857. The van der Waals surface area contributed by atoms with Crippen molar-refractivity contribution in [3.8, 4) is 0 Å². The van der Waals surface area contributed by atoms with Crippen molar-refractivity contribution in [2.45, 2.75) is 26.2 Å². The molecule has 0 bridgehead atoms. The van der Waals surface area contributed by atoms with E-state index in [-0.39, 0.29) is 6.09 Å². The number of nitrogens with one attached hydrogen (secondary N) is 1. The molecule has 0 aromatic carbocycles. The van der Waals surface area contributed by atoms with Crippen molar-refractivity contribution in [1.29, 1.82) is 0 Å². The van der Waals surface area contributed by atoms with Crippen LogP contribution in [-0.2, 0) is 4.74 Å². The molecule has 0 aliphatic heterocycles. The van der Waals surface area contributed by atoms with Gasteiger partial charge in [0.05, 0.1) is 12.5 Å². The minimum absolute atomic E-state index is 0.326. The Bertz CT molecular complexity index is 109. The fourth-order valence-electron chi connectivity index (χ4n) is 0.633. The second kappa shape index (κ2) is 7.72. The standard InChI is InChI=1S/C7H15NO2S/c1-2-3-4-5-10-7(9)8-6-11/h11H,2-6H2,1H3,(H,8,9). The van der Waals surface area contributed by atoms with Gasteiger partial charge in [-0.2, -0.15) is 12.6 Å². The summed E-state index contributed by atoms with van der Waals surface area (Å²) < 4.78 is 4.79. The molecule has 0 unspecified atom stereocenters. The van der Waals surface area contributed by atoms with Crippen molar-refractivity contribution >= 4 is 18.7 Å². The van der Waals surface area contributed by atoms with Gasteiger partial charge >= 0.3 is 6.09 Å². The van der Waals surface area contributed by atoms with Gasteiger partial charge in [-0.25, -0.2) is 4.79 Å². The minimum Gasteiger partial charge on any atom is -0.450 e. The largest absolute Gasteiger partial charge is 0.450 e. The monoisotopic (exact) mass is 177 g/mol. The summed E-state index contributed by atoms with van der Waals surface area (Å²) in [6.45, 7) is 2.61. The molecule has 0 spiro atoms. The van der Waals surface area contributed by atoms with Crippen molar-refractivity contribution in [3.05, 3.63) is 0 Å². The Balaban J connectivity index is 3.04. The van der Waals surface area contributed by atoms with Gasteiger partial charge in [0.2, 0.25) is 0 Å². The molecule has 0 aromatic heterocycles. The van der Waals surface area contributed by atoms with E-state index in [1.165, 1.54) is 0 Å². The molecule has 4 heteroatoms. The van der Waals surface area contributed by atoms with Crippen LogP contribution in [0.3, 0.4) is 0 Å². The molecule has 0 radical (unpaired) electrons. The van der Waals surface area contributed by atoms with Crippen LogP contribution in [0.25, 0.3) is 0 Å². The lowest BCUT2D eigenvalue weighted by atomic mass is 10.3. The summed E-state index contributed by atoms with van der Waals surface area (Å²) in [5, 5.41) is 2.43. The number of amides is 1. The normalized spacial score (nSPS) is 9.27. The zero-order chi connectivity index (χ0) is 8.53. The average molecular weight is 177 g/mol. The van der Waals surface area contributed by atoms with E-state index in [1.807, 2.05) is 0 Å². The quantitative estimate of drug-likeness (QED) is 0.382. The van der Waals surface area contributed by atoms with E-state index in [0.29, 0.717) is 12.5 Å². The highest BCUT2D eigenvalue weighted by atomic mass is 32.1. The van der Waals surface area contributed by atoms with Gasteiger partial charge in [0.1, 0.15) is 0 Å². The predicted molar refractivity (Wildman–Crippen MR) is 47.9 cm³/mol. The second-order valence-corrected chi connectivity index (χ2v) is 2.49. The highest BCUT2D eigenvalue weighted by Crippen LogP contribution is 1.93. The molecule has 1 N–H and O–H groups in total. The maximum Gasteiger partial charge on any atom is 0.407 e. The molecule has 1 amide bonds. The van der Waals surface area contributed by atoms with Gasteiger partial charge in [-0.05, 0) is 6.42 Å². The number of alkyl carbamates (subject to hydrolysis) is 1. The Kier molecular flexibility index (Phi) is 7.46. The highest BCUT2D eigenvalue weighted by Gasteiger charge is 1.96. The highest BCUT2D eigenvalue weighted by molar-refractivity contribution is 7.80. The maximum atomic E-state index is 10.6. The van der Waals surface area contributed by atoms with Crippen LogP contribution >= 0.6 is 12.6 Å². The Hall–Kier alpha value is -0.380. The number of hydrogen-bond acceptors (Lipinski definition) is 3.